The fourth-order valence-corrected chi connectivity index (χ4v) is 4.52. The third-order valence-electron chi connectivity index (χ3n) is 6.42. The SMILES string of the molecule is COc1ccc(C2(O)OC(=O)C(c3cc(OC)ccc3OC)=C2Cc2cc(OC)c(OC)c(OC)c2)cc1. The number of methoxy groups -OCH3 is 6. The molecule has 0 amide bonds. The van der Waals surface area contributed by atoms with Gasteiger partial charge in [-0.2, -0.15) is 0 Å². The van der Waals surface area contributed by atoms with E-state index < -0.39 is 11.8 Å². The zero-order valence-corrected chi connectivity index (χ0v) is 22.1. The van der Waals surface area contributed by atoms with Crippen LogP contribution in [0.25, 0.3) is 5.57 Å². The van der Waals surface area contributed by atoms with E-state index in [0.717, 1.165) is 0 Å². The smallest absolute Gasteiger partial charge is 0.342 e. The summed E-state index contributed by atoms with van der Waals surface area (Å²) >= 11 is 0. The molecule has 0 aliphatic carbocycles. The summed E-state index contributed by atoms with van der Waals surface area (Å²) in [5.41, 5.74) is 1.91. The Hall–Kier alpha value is -4.37. The van der Waals surface area contributed by atoms with E-state index in [1.54, 1.807) is 61.7 Å². The van der Waals surface area contributed by atoms with Gasteiger partial charge in [0, 0.05) is 23.1 Å². The van der Waals surface area contributed by atoms with E-state index in [1.807, 2.05) is 0 Å². The topological polar surface area (TPSA) is 102 Å². The van der Waals surface area contributed by atoms with E-state index in [2.05, 4.69) is 0 Å². The minimum atomic E-state index is -2.08. The molecular formula is C29H30O9. The molecule has 0 fully saturated rings. The summed E-state index contributed by atoms with van der Waals surface area (Å²) < 4.78 is 38.4. The lowest BCUT2D eigenvalue weighted by molar-refractivity contribution is -0.185. The van der Waals surface area contributed by atoms with Crippen molar-refractivity contribution in [1.82, 2.24) is 0 Å². The Morgan fingerprint density at radius 2 is 1.29 bits per heavy atom. The lowest BCUT2D eigenvalue weighted by Crippen LogP contribution is -2.29. The van der Waals surface area contributed by atoms with Gasteiger partial charge in [-0.1, -0.05) is 0 Å². The number of hydrogen-bond acceptors (Lipinski definition) is 9. The zero-order chi connectivity index (χ0) is 27.4. The van der Waals surface area contributed by atoms with Crippen LogP contribution in [0.4, 0.5) is 0 Å². The van der Waals surface area contributed by atoms with Crippen LogP contribution in [0.2, 0.25) is 0 Å². The largest absolute Gasteiger partial charge is 0.497 e. The number of carbonyl (C=O) groups is 1. The lowest BCUT2D eigenvalue weighted by Gasteiger charge is -2.26. The fourth-order valence-electron chi connectivity index (χ4n) is 4.52. The van der Waals surface area contributed by atoms with Crippen molar-refractivity contribution in [2.45, 2.75) is 12.2 Å². The van der Waals surface area contributed by atoms with Crippen LogP contribution in [0.3, 0.4) is 0 Å². The number of ether oxygens (including phenoxy) is 7. The third kappa shape index (κ3) is 4.68. The van der Waals surface area contributed by atoms with E-state index in [-0.39, 0.29) is 12.0 Å². The maximum atomic E-state index is 13.5. The first-order valence-corrected chi connectivity index (χ1v) is 11.7. The number of cyclic esters (lactones) is 1. The molecule has 0 radical (unpaired) electrons. The van der Waals surface area contributed by atoms with Crippen molar-refractivity contribution >= 4 is 11.5 Å². The second-order valence-corrected chi connectivity index (χ2v) is 8.39. The average Bonchev–Trinajstić information content (AvgIpc) is 3.21. The standard InChI is InChI=1S/C29H30O9/c1-32-19-9-7-18(8-10-19)29(31)22(13-17-14-24(35-4)27(37-6)25(15-17)36-5)26(28(30)38-29)21-16-20(33-2)11-12-23(21)34-3/h7-12,14-16,31H,13H2,1-6H3. The van der Waals surface area contributed by atoms with Crippen molar-refractivity contribution in [1.29, 1.82) is 0 Å². The van der Waals surface area contributed by atoms with Crippen LogP contribution < -0.4 is 28.4 Å². The highest BCUT2D eigenvalue weighted by molar-refractivity contribution is 6.21. The summed E-state index contributed by atoms with van der Waals surface area (Å²) in [4.78, 5) is 13.5. The van der Waals surface area contributed by atoms with Crippen LogP contribution in [-0.4, -0.2) is 53.7 Å². The van der Waals surface area contributed by atoms with Crippen molar-refractivity contribution in [3.63, 3.8) is 0 Å². The van der Waals surface area contributed by atoms with Gasteiger partial charge in [-0.15, -0.1) is 0 Å². The molecule has 0 saturated carbocycles. The first kappa shape index (κ1) is 26.7. The Kier molecular flexibility index (Phi) is 7.68. The molecule has 9 nitrogen and oxygen atoms in total. The van der Waals surface area contributed by atoms with Gasteiger partial charge < -0.3 is 38.3 Å². The Labute approximate surface area is 221 Å². The van der Waals surface area contributed by atoms with E-state index >= 15 is 0 Å². The fraction of sp³-hybridized carbons (Fsp3) is 0.276. The molecule has 1 aliphatic rings. The van der Waals surface area contributed by atoms with Gasteiger partial charge in [0.15, 0.2) is 11.5 Å². The molecule has 3 aromatic carbocycles. The van der Waals surface area contributed by atoms with E-state index in [4.69, 9.17) is 33.2 Å². The molecule has 1 aliphatic heterocycles. The number of rotatable bonds is 10. The first-order valence-electron chi connectivity index (χ1n) is 11.7. The lowest BCUT2D eigenvalue weighted by atomic mass is 9.87. The summed E-state index contributed by atoms with van der Waals surface area (Å²) in [6.07, 6.45) is 0.0979. The van der Waals surface area contributed by atoms with Crippen LogP contribution >= 0.6 is 0 Å². The number of carbonyl (C=O) groups excluding carboxylic acids is 1. The van der Waals surface area contributed by atoms with Gasteiger partial charge in [-0.25, -0.2) is 4.79 Å². The third-order valence-corrected chi connectivity index (χ3v) is 6.42. The normalized spacial score (nSPS) is 16.7. The Morgan fingerprint density at radius 3 is 1.82 bits per heavy atom. The van der Waals surface area contributed by atoms with Crippen molar-refractivity contribution in [2.24, 2.45) is 0 Å². The molecule has 0 bridgehead atoms. The van der Waals surface area contributed by atoms with Gasteiger partial charge in [0.25, 0.3) is 5.79 Å². The molecule has 4 rings (SSSR count). The Balaban J connectivity index is 1.98. The van der Waals surface area contributed by atoms with Gasteiger partial charge in [0.05, 0.1) is 48.2 Å². The minimum absolute atomic E-state index is 0.0979. The summed E-state index contributed by atoms with van der Waals surface area (Å²) in [5, 5.41) is 12.0. The van der Waals surface area contributed by atoms with Gasteiger partial charge in [-0.05, 0) is 60.2 Å². The highest BCUT2D eigenvalue weighted by atomic mass is 16.7. The molecule has 1 atom stereocenters. The van der Waals surface area contributed by atoms with Crippen molar-refractivity contribution in [3.8, 4) is 34.5 Å². The minimum Gasteiger partial charge on any atom is -0.497 e. The maximum absolute atomic E-state index is 13.5. The van der Waals surface area contributed by atoms with Crippen LogP contribution in [0.5, 0.6) is 34.5 Å². The molecular weight excluding hydrogens is 492 g/mol. The Morgan fingerprint density at radius 1 is 0.711 bits per heavy atom. The predicted molar refractivity (Wildman–Crippen MR) is 139 cm³/mol. The number of hydrogen-bond donors (Lipinski definition) is 1. The quantitative estimate of drug-likeness (QED) is 0.394. The summed E-state index contributed by atoms with van der Waals surface area (Å²) in [6, 6.07) is 15.3. The molecule has 9 heteroatoms. The molecule has 0 aromatic heterocycles. The molecule has 3 aromatic rings. The van der Waals surface area contributed by atoms with Crippen LogP contribution in [0.1, 0.15) is 16.7 Å². The molecule has 0 spiro atoms. The Bertz CT molecular complexity index is 1340. The first-order chi connectivity index (χ1) is 18.3. The van der Waals surface area contributed by atoms with Crippen molar-refractivity contribution in [2.75, 3.05) is 42.7 Å². The summed E-state index contributed by atoms with van der Waals surface area (Å²) in [6.45, 7) is 0. The van der Waals surface area contributed by atoms with Crippen LogP contribution in [0, 0.1) is 0 Å². The second-order valence-electron chi connectivity index (χ2n) is 8.39. The van der Waals surface area contributed by atoms with Gasteiger partial charge >= 0.3 is 5.97 Å². The molecule has 0 saturated heterocycles. The monoisotopic (exact) mass is 522 g/mol. The predicted octanol–water partition coefficient (Wildman–Crippen LogP) is 4.14. The molecule has 200 valence electrons. The second kappa shape index (κ2) is 10.9. The van der Waals surface area contributed by atoms with Crippen molar-refractivity contribution in [3.05, 3.63) is 76.9 Å². The summed E-state index contributed by atoms with van der Waals surface area (Å²) in [5.74, 6) is 0.0118. The van der Waals surface area contributed by atoms with Gasteiger partial charge in [-0.3, -0.25) is 0 Å². The van der Waals surface area contributed by atoms with E-state index in [1.165, 1.54) is 35.5 Å². The summed E-state index contributed by atoms with van der Waals surface area (Å²) in [7, 11) is 9.12. The number of benzene rings is 3. The molecule has 1 N–H and O–H groups in total. The number of aliphatic hydroxyl groups is 1. The molecule has 1 unspecified atom stereocenters. The average molecular weight is 523 g/mol. The van der Waals surface area contributed by atoms with Gasteiger partial charge in [0.1, 0.15) is 17.2 Å². The van der Waals surface area contributed by atoms with E-state index in [0.29, 0.717) is 56.8 Å². The molecule has 1 heterocycles. The molecule has 38 heavy (non-hydrogen) atoms. The van der Waals surface area contributed by atoms with Crippen LogP contribution in [0.15, 0.2) is 60.2 Å². The highest BCUT2D eigenvalue weighted by Gasteiger charge is 2.49. The van der Waals surface area contributed by atoms with Crippen molar-refractivity contribution < 1.29 is 43.1 Å². The highest BCUT2D eigenvalue weighted by Crippen LogP contribution is 2.48. The number of esters is 1. The van der Waals surface area contributed by atoms with Gasteiger partial charge in [0.2, 0.25) is 5.75 Å². The van der Waals surface area contributed by atoms with E-state index in [9.17, 15) is 9.90 Å². The van der Waals surface area contributed by atoms with Crippen LogP contribution in [-0.2, 0) is 21.7 Å². The maximum Gasteiger partial charge on any atom is 0.342 e. The zero-order valence-electron chi connectivity index (χ0n) is 22.1.